The highest BCUT2D eigenvalue weighted by Gasteiger charge is 2.64. The summed E-state index contributed by atoms with van der Waals surface area (Å²) in [6, 6.07) is 7.03. The van der Waals surface area contributed by atoms with Crippen molar-refractivity contribution in [3.8, 4) is 0 Å². The monoisotopic (exact) mass is 1250 g/mol. The summed E-state index contributed by atoms with van der Waals surface area (Å²) in [6.45, 7) is 12.7. The van der Waals surface area contributed by atoms with Gasteiger partial charge in [-0.3, -0.25) is 48.2 Å². The molecule has 1 aromatic heterocycles. The summed E-state index contributed by atoms with van der Waals surface area (Å²) in [5.41, 5.74) is 6.13. The molecule has 0 spiro atoms. The van der Waals surface area contributed by atoms with Crippen LogP contribution in [0.4, 0.5) is 10.5 Å². The number of hydrogen-bond acceptors (Lipinski definition) is 16. The number of aliphatic hydroxyl groups is 1. The number of esters is 2. The predicted molar refractivity (Wildman–Crippen MR) is 331 cm³/mol. The molecule has 4 aliphatic rings. The van der Waals surface area contributed by atoms with Gasteiger partial charge in [0.05, 0.1) is 41.2 Å². The van der Waals surface area contributed by atoms with Crippen molar-refractivity contribution in [2.45, 2.75) is 173 Å². The number of ketones is 2. The Morgan fingerprint density at radius 1 is 1.00 bits per heavy atom. The van der Waals surface area contributed by atoms with Crippen LogP contribution in [0, 0.1) is 24.7 Å². The predicted octanol–water partition coefficient (Wildman–Crippen LogP) is 6.69. The van der Waals surface area contributed by atoms with Crippen molar-refractivity contribution in [2.75, 3.05) is 39.2 Å². The molecule has 10 atom stereocenters. The summed E-state index contributed by atoms with van der Waals surface area (Å²) in [7, 11) is 4.46. The Kier molecular flexibility index (Phi) is 23.0. The van der Waals surface area contributed by atoms with Crippen LogP contribution in [-0.2, 0) is 70.1 Å². The first-order chi connectivity index (χ1) is 42.1. The van der Waals surface area contributed by atoms with Gasteiger partial charge >= 0.3 is 18.0 Å². The summed E-state index contributed by atoms with van der Waals surface area (Å²) in [5.74, 6) is -6.05. The van der Waals surface area contributed by atoms with E-state index in [1.165, 1.54) is 55.3 Å². The number of aryl methyl sites for hydroxylation is 1. The number of nitrogens with one attached hydrogen (secondary N) is 2. The van der Waals surface area contributed by atoms with Crippen LogP contribution < -0.4 is 21.3 Å². The van der Waals surface area contributed by atoms with E-state index in [0.717, 1.165) is 21.6 Å². The van der Waals surface area contributed by atoms with Crippen molar-refractivity contribution < 1.29 is 72.0 Å². The minimum Gasteiger partial charge on any atom is -0.462 e. The van der Waals surface area contributed by atoms with Gasteiger partial charge in [0.1, 0.15) is 41.3 Å². The van der Waals surface area contributed by atoms with Gasteiger partial charge in [-0.15, -0.1) is 0 Å². The van der Waals surface area contributed by atoms with Gasteiger partial charge in [0.15, 0.2) is 5.78 Å². The van der Waals surface area contributed by atoms with E-state index in [1.54, 1.807) is 51.2 Å². The van der Waals surface area contributed by atoms with E-state index in [2.05, 4.69) is 15.6 Å². The molecule has 7 amide bonds. The van der Waals surface area contributed by atoms with Gasteiger partial charge in [-0.1, -0.05) is 80.8 Å². The Hall–Kier alpha value is -7.66. The number of halogens is 1. The number of carbonyl (C=O) groups is 10. The number of ether oxygens (including phenoxy) is 4. The fraction of sp³-hybridized carbons (Fsp3) is 0.530. The van der Waals surface area contributed by atoms with Crippen LogP contribution in [-0.4, -0.2) is 161 Å². The first-order valence-corrected chi connectivity index (χ1v) is 30.7. The zero-order chi connectivity index (χ0) is 65.2. The number of benzene rings is 2. The number of anilines is 1. The summed E-state index contributed by atoms with van der Waals surface area (Å²) >= 11 is 6.90. The number of methoxy groups -OCH3 is 1. The van der Waals surface area contributed by atoms with Crippen LogP contribution in [0.25, 0.3) is 10.9 Å². The number of pyridine rings is 1. The highest BCUT2D eigenvalue weighted by atomic mass is 35.5. The molecule has 480 valence electrons. The van der Waals surface area contributed by atoms with Crippen LogP contribution in [0.3, 0.4) is 0 Å². The van der Waals surface area contributed by atoms with E-state index in [4.69, 9.17) is 36.3 Å². The summed E-state index contributed by atoms with van der Waals surface area (Å²) in [6.07, 6.45) is 7.08. The summed E-state index contributed by atoms with van der Waals surface area (Å²) < 4.78 is 24.3. The molecular weight excluding hydrogens is 1170 g/mol. The molecule has 3 aromatic rings. The number of primary amides is 1. The molecule has 4 bridgehead atoms. The second kappa shape index (κ2) is 29.8. The van der Waals surface area contributed by atoms with Crippen LogP contribution in [0.5, 0.6) is 0 Å². The average molecular weight is 1250 g/mol. The third kappa shape index (κ3) is 16.8. The Morgan fingerprint density at radius 2 is 1.72 bits per heavy atom. The van der Waals surface area contributed by atoms with Crippen molar-refractivity contribution in [3.05, 3.63) is 106 Å². The number of amides is 7. The number of rotatable bonds is 23. The molecule has 2 saturated heterocycles. The van der Waals surface area contributed by atoms with E-state index in [1.807, 2.05) is 45.9 Å². The Labute approximate surface area is 524 Å². The maximum absolute atomic E-state index is 14.7. The van der Waals surface area contributed by atoms with Crippen molar-refractivity contribution in [1.82, 2.24) is 25.4 Å². The zero-order valence-electron chi connectivity index (χ0n) is 52.4. The van der Waals surface area contributed by atoms with E-state index >= 15 is 0 Å². The lowest BCUT2D eigenvalue weighted by Gasteiger charge is -2.41. The maximum Gasteiger partial charge on any atom is 0.328 e. The summed E-state index contributed by atoms with van der Waals surface area (Å²) in [5, 5.41) is 18.2. The second-order valence-corrected chi connectivity index (χ2v) is 25.0. The Morgan fingerprint density at radius 3 is 2.40 bits per heavy atom. The molecule has 89 heavy (non-hydrogen) atoms. The van der Waals surface area contributed by atoms with Crippen LogP contribution >= 0.6 is 11.6 Å². The van der Waals surface area contributed by atoms with Gasteiger partial charge in [0, 0.05) is 101 Å². The SMILES string of the molecule is CO[C@@H]1/C=C/C=C(\C)Cc2cc(C)c(Cl)c(c2)N(C)C(=O)C[C@H](OC(=O)[C@H](C)N(C)C(=O)c2ccc(CC(=O)[C@H](CCCNC(N)=O)NC(=O)[C@@H](CC(=O)CCCCCN3C(=O)C=CC3=O)C(C)C)c3ncccc23)[C@]2(C)O[C@H]2[C@H](C)[C@@H]2C[C@@]1(O)CC(=O)O2. The highest BCUT2D eigenvalue weighted by molar-refractivity contribution is 6.34. The van der Waals surface area contributed by atoms with Crippen LogP contribution in [0.1, 0.15) is 133 Å². The quantitative estimate of drug-likeness (QED) is 0.0333. The zero-order valence-corrected chi connectivity index (χ0v) is 53.2. The van der Waals surface area contributed by atoms with Gasteiger partial charge < -0.3 is 50.2 Å². The van der Waals surface area contributed by atoms with E-state index in [0.29, 0.717) is 52.9 Å². The van der Waals surface area contributed by atoms with Gasteiger partial charge in [-0.05, 0) is 101 Å². The highest BCUT2D eigenvalue weighted by Crippen LogP contribution is 2.50. The molecule has 0 aliphatic carbocycles. The molecule has 5 N–H and O–H groups in total. The van der Waals surface area contributed by atoms with Gasteiger partial charge in [0.25, 0.3) is 17.7 Å². The van der Waals surface area contributed by atoms with Gasteiger partial charge in [-0.25, -0.2) is 9.59 Å². The number of carbonyl (C=O) groups excluding carboxylic acids is 10. The number of hydrogen-bond donors (Lipinski definition) is 4. The maximum atomic E-state index is 14.7. The molecule has 4 aliphatic heterocycles. The molecular formula is C66H84ClN7O15. The number of urea groups is 1. The number of fused-ring (bicyclic) bond motifs is 6. The molecule has 7 rings (SSSR count). The topological polar surface area (TPSA) is 304 Å². The molecule has 22 nitrogen and oxygen atoms in total. The lowest BCUT2D eigenvalue weighted by atomic mass is 9.78. The Bertz CT molecular complexity index is 3310. The smallest absolute Gasteiger partial charge is 0.328 e. The molecule has 2 aromatic carbocycles. The number of nitrogens with two attached hydrogens (primary N) is 1. The molecule has 0 unspecified atom stereocenters. The largest absolute Gasteiger partial charge is 0.462 e. The average Bonchev–Trinajstić information content (AvgIpc) is 1.71. The van der Waals surface area contributed by atoms with E-state index < -0.39 is 107 Å². The minimum atomic E-state index is -1.66. The number of allylic oxidation sites excluding steroid dienone is 3. The van der Waals surface area contributed by atoms with Crippen molar-refractivity contribution in [3.63, 3.8) is 0 Å². The second-order valence-electron chi connectivity index (χ2n) is 24.6. The fourth-order valence-electron chi connectivity index (χ4n) is 12.0. The number of unbranched alkanes of at least 4 members (excludes halogenated alkanes) is 2. The van der Waals surface area contributed by atoms with Crippen molar-refractivity contribution in [2.24, 2.45) is 23.5 Å². The number of Topliss-reactive ketones (excluding diaryl/α,β-unsaturated/α-hetero) is 2. The first-order valence-electron chi connectivity index (χ1n) is 30.3. The molecule has 23 heteroatoms. The molecule has 2 fully saturated rings. The molecule has 5 heterocycles. The van der Waals surface area contributed by atoms with Crippen molar-refractivity contribution in [1.29, 1.82) is 0 Å². The Balaban J connectivity index is 1.08. The van der Waals surface area contributed by atoms with Crippen molar-refractivity contribution >= 4 is 87.3 Å². The lowest BCUT2D eigenvalue weighted by molar-refractivity contribution is -0.187. The fourth-order valence-corrected chi connectivity index (χ4v) is 12.3. The number of nitrogens with zero attached hydrogens (tertiary/aromatic N) is 4. The third-order valence-corrected chi connectivity index (χ3v) is 18.1. The molecule has 0 saturated carbocycles. The van der Waals surface area contributed by atoms with E-state index in [9.17, 15) is 53.1 Å². The van der Waals surface area contributed by atoms with Crippen LogP contribution in [0.2, 0.25) is 5.02 Å². The number of aromatic nitrogens is 1. The van der Waals surface area contributed by atoms with Gasteiger partial charge in [0.2, 0.25) is 11.8 Å². The minimum absolute atomic E-state index is 0.0117. The van der Waals surface area contributed by atoms with Gasteiger partial charge in [-0.2, -0.15) is 0 Å². The lowest BCUT2D eigenvalue weighted by Crippen LogP contribution is -2.53. The number of imide groups is 1. The van der Waals surface area contributed by atoms with Crippen LogP contribution in [0.15, 0.2) is 78.5 Å². The third-order valence-electron chi connectivity index (χ3n) is 17.7. The molecule has 0 radical (unpaired) electrons. The summed E-state index contributed by atoms with van der Waals surface area (Å²) in [4.78, 5) is 143. The first kappa shape index (κ1) is 68.8. The number of epoxide rings is 1. The number of likely N-dealkylation sites (N-methyl/N-ethyl adjacent to an activating group) is 1. The normalized spacial score (nSPS) is 24.9. The standard InChI is InChI=1S/C66H84ClN7O15/c1-37(2)47(33-44(75)18-12-11-13-28-74-54(77)24-25-55(74)78)61(81)71-48(20-16-27-70-64(68)84)50(76)32-43-22-23-46(45-19-15-26-69-59(43)45)62(82)72(8)41(6)63(83)88-53-34-56(79)73(9)49-31-42(30-39(4)58(49)67)29-38(3)17-14-21-52(86-10)66(85)35-51(87-57(80)36-66)40(5)60-65(53,7)89-60/h14-15,17,19,21-26,30-31,37,40-41,47-48,51-53,60,85H,11-13,16,18,20,27-29,32-36H2,1-10H3,(H,71,81)(H3,68,70,84)/b21-14+,38-17+/t40-,41+,47+,48+,51+,52-,53+,60+,65+,66-/m1/s1. The van der Waals surface area contributed by atoms with E-state index in [-0.39, 0.29) is 87.1 Å².